The number of hydrogen-bond acceptors (Lipinski definition) is 3. The summed E-state index contributed by atoms with van der Waals surface area (Å²) in [7, 11) is -4.28. The molecule has 0 atom stereocenters. The molecule has 0 saturated carbocycles. The van der Waals surface area contributed by atoms with Crippen LogP contribution < -0.4 is 0 Å². The summed E-state index contributed by atoms with van der Waals surface area (Å²) in [6.45, 7) is 0. The van der Waals surface area contributed by atoms with Crippen molar-refractivity contribution in [1.82, 2.24) is 0 Å². The molecule has 0 saturated heterocycles. The molecule has 0 fully saturated rings. The number of halogens is 2. The van der Waals surface area contributed by atoms with Gasteiger partial charge in [0.25, 0.3) is 0 Å². The first-order chi connectivity index (χ1) is 8.98. The van der Waals surface area contributed by atoms with Gasteiger partial charge in [-0.1, -0.05) is 18.2 Å². The summed E-state index contributed by atoms with van der Waals surface area (Å²) in [5.74, 6) is -2.24. The van der Waals surface area contributed by atoms with Crippen LogP contribution in [-0.4, -0.2) is 14.7 Å². The van der Waals surface area contributed by atoms with E-state index in [0.717, 1.165) is 0 Å². The van der Waals surface area contributed by atoms with Crippen molar-refractivity contribution < 1.29 is 22.0 Å². The van der Waals surface area contributed by atoms with Crippen LogP contribution in [0, 0.1) is 11.6 Å². The lowest BCUT2D eigenvalue weighted by molar-refractivity contribution is 0.111. The maximum absolute atomic E-state index is 13.7. The van der Waals surface area contributed by atoms with Crippen LogP contribution in [-0.2, 0) is 9.84 Å². The van der Waals surface area contributed by atoms with Crippen molar-refractivity contribution >= 4 is 16.1 Å². The summed E-state index contributed by atoms with van der Waals surface area (Å²) >= 11 is 0. The Hall–Kier alpha value is -2.08. The van der Waals surface area contributed by atoms with Gasteiger partial charge in [-0.2, -0.15) is 0 Å². The zero-order valence-electron chi connectivity index (χ0n) is 9.51. The topological polar surface area (TPSA) is 51.2 Å². The van der Waals surface area contributed by atoms with Crippen molar-refractivity contribution in [3.05, 3.63) is 59.7 Å². The largest absolute Gasteiger partial charge is 0.298 e. The van der Waals surface area contributed by atoms with E-state index in [1.807, 2.05) is 0 Å². The molecular formula is C13H8F2O3S. The molecular weight excluding hydrogens is 274 g/mol. The number of carbonyl (C=O) groups is 1. The van der Waals surface area contributed by atoms with Crippen LogP contribution in [0.1, 0.15) is 10.4 Å². The SMILES string of the molecule is O=Cc1c(F)ccc(F)c1S(=O)(=O)c1ccccc1. The van der Waals surface area contributed by atoms with Gasteiger partial charge in [0.1, 0.15) is 16.5 Å². The summed E-state index contributed by atoms with van der Waals surface area (Å²) in [4.78, 5) is 9.66. The van der Waals surface area contributed by atoms with Gasteiger partial charge in [0.2, 0.25) is 9.84 Å². The van der Waals surface area contributed by atoms with E-state index in [1.165, 1.54) is 24.3 Å². The third-order valence-corrected chi connectivity index (χ3v) is 4.38. The van der Waals surface area contributed by atoms with Gasteiger partial charge in [-0.05, 0) is 24.3 Å². The fraction of sp³-hybridized carbons (Fsp3) is 0. The highest BCUT2D eigenvalue weighted by atomic mass is 32.2. The smallest absolute Gasteiger partial charge is 0.210 e. The Morgan fingerprint density at radius 1 is 0.895 bits per heavy atom. The molecule has 6 heteroatoms. The monoisotopic (exact) mass is 282 g/mol. The van der Waals surface area contributed by atoms with Gasteiger partial charge >= 0.3 is 0 Å². The van der Waals surface area contributed by atoms with Crippen LogP contribution in [0.3, 0.4) is 0 Å². The van der Waals surface area contributed by atoms with Crippen LogP contribution in [0.2, 0.25) is 0 Å². The third kappa shape index (κ3) is 2.26. The molecule has 2 aromatic rings. The Balaban J connectivity index is 2.79. The van der Waals surface area contributed by atoms with E-state index in [2.05, 4.69) is 0 Å². The highest BCUT2D eigenvalue weighted by Gasteiger charge is 2.27. The van der Waals surface area contributed by atoms with E-state index in [4.69, 9.17) is 0 Å². The van der Waals surface area contributed by atoms with Crippen molar-refractivity contribution in [3.8, 4) is 0 Å². The number of sulfone groups is 1. The fourth-order valence-corrected chi connectivity index (χ4v) is 3.16. The molecule has 0 aliphatic rings. The summed E-state index contributed by atoms with van der Waals surface area (Å²) in [5, 5.41) is 0. The Kier molecular flexibility index (Phi) is 3.44. The van der Waals surface area contributed by atoms with Gasteiger partial charge in [0.15, 0.2) is 6.29 Å². The highest BCUT2D eigenvalue weighted by Crippen LogP contribution is 2.27. The first kappa shape index (κ1) is 13.4. The Bertz CT molecular complexity index is 725. The standard InChI is InChI=1S/C13H8F2O3S/c14-11-6-7-12(15)13(10(11)8-16)19(17,18)9-4-2-1-3-5-9/h1-8H. The molecule has 2 rings (SSSR count). The van der Waals surface area contributed by atoms with E-state index in [1.54, 1.807) is 6.07 Å². The summed E-state index contributed by atoms with van der Waals surface area (Å²) in [5.41, 5.74) is -0.802. The van der Waals surface area contributed by atoms with Crippen LogP contribution in [0.15, 0.2) is 52.3 Å². The molecule has 98 valence electrons. The van der Waals surface area contributed by atoms with E-state index < -0.39 is 31.9 Å². The fourth-order valence-electron chi connectivity index (χ4n) is 1.65. The maximum Gasteiger partial charge on any atom is 0.210 e. The number of benzene rings is 2. The average Bonchev–Trinajstić information content (AvgIpc) is 2.41. The highest BCUT2D eigenvalue weighted by molar-refractivity contribution is 7.91. The maximum atomic E-state index is 13.7. The predicted octanol–water partition coefficient (Wildman–Crippen LogP) is 2.61. The van der Waals surface area contributed by atoms with Crippen LogP contribution in [0.4, 0.5) is 8.78 Å². The molecule has 0 aromatic heterocycles. The number of carbonyl (C=O) groups excluding carboxylic acids is 1. The molecule has 2 aromatic carbocycles. The third-order valence-electron chi connectivity index (χ3n) is 2.53. The summed E-state index contributed by atoms with van der Waals surface area (Å²) in [6.07, 6.45) is -0.00572. The van der Waals surface area contributed by atoms with E-state index in [-0.39, 0.29) is 11.2 Å². The molecule has 19 heavy (non-hydrogen) atoms. The van der Waals surface area contributed by atoms with Crippen molar-refractivity contribution in [1.29, 1.82) is 0 Å². The molecule has 0 aliphatic carbocycles. The first-order valence-corrected chi connectivity index (χ1v) is 6.70. The van der Waals surface area contributed by atoms with Gasteiger partial charge in [-0.15, -0.1) is 0 Å². The molecule has 0 N–H and O–H groups in total. The zero-order chi connectivity index (χ0) is 14.0. The van der Waals surface area contributed by atoms with Gasteiger partial charge in [0.05, 0.1) is 10.5 Å². The molecule has 3 nitrogen and oxygen atoms in total. The first-order valence-electron chi connectivity index (χ1n) is 5.22. The van der Waals surface area contributed by atoms with E-state index in [9.17, 15) is 22.0 Å². The average molecular weight is 282 g/mol. The van der Waals surface area contributed by atoms with Gasteiger partial charge in [-0.25, -0.2) is 17.2 Å². The lowest BCUT2D eigenvalue weighted by Crippen LogP contribution is -2.10. The quantitative estimate of drug-likeness (QED) is 0.813. The molecule has 0 aliphatic heterocycles. The van der Waals surface area contributed by atoms with E-state index >= 15 is 0 Å². The van der Waals surface area contributed by atoms with Crippen LogP contribution in [0.25, 0.3) is 0 Å². The van der Waals surface area contributed by atoms with Crippen molar-refractivity contribution in [2.75, 3.05) is 0 Å². The van der Waals surface area contributed by atoms with Crippen molar-refractivity contribution in [2.24, 2.45) is 0 Å². The minimum atomic E-state index is -4.28. The van der Waals surface area contributed by atoms with Crippen LogP contribution in [0.5, 0.6) is 0 Å². The van der Waals surface area contributed by atoms with Crippen molar-refractivity contribution in [2.45, 2.75) is 9.79 Å². The van der Waals surface area contributed by atoms with Gasteiger partial charge in [-0.3, -0.25) is 4.79 Å². The zero-order valence-corrected chi connectivity index (χ0v) is 10.3. The Morgan fingerprint density at radius 3 is 2.05 bits per heavy atom. The summed E-state index contributed by atoms with van der Waals surface area (Å²) in [6, 6.07) is 8.36. The van der Waals surface area contributed by atoms with Gasteiger partial charge < -0.3 is 0 Å². The molecule has 0 spiro atoms. The molecule has 0 heterocycles. The normalized spacial score (nSPS) is 11.3. The molecule has 0 unspecified atom stereocenters. The minimum absolute atomic E-state index is 0.00572. The Morgan fingerprint density at radius 2 is 1.47 bits per heavy atom. The lowest BCUT2D eigenvalue weighted by Gasteiger charge is -2.08. The van der Waals surface area contributed by atoms with E-state index in [0.29, 0.717) is 12.1 Å². The summed E-state index contributed by atoms with van der Waals surface area (Å²) < 4.78 is 51.5. The lowest BCUT2D eigenvalue weighted by atomic mass is 10.2. The second-order valence-electron chi connectivity index (χ2n) is 3.71. The second kappa shape index (κ2) is 4.89. The van der Waals surface area contributed by atoms with Gasteiger partial charge in [0, 0.05) is 0 Å². The molecule has 0 amide bonds. The van der Waals surface area contributed by atoms with Crippen LogP contribution >= 0.6 is 0 Å². The second-order valence-corrected chi connectivity index (χ2v) is 5.59. The van der Waals surface area contributed by atoms with Crippen molar-refractivity contribution in [3.63, 3.8) is 0 Å². The number of aldehydes is 1. The molecule has 0 radical (unpaired) electrons. The number of rotatable bonds is 3. The predicted molar refractivity (Wildman–Crippen MR) is 63.6 cm³/mol. The molecule has 0 bridgehead atoms. The minimum Gasteiger partial charge on any atom is -0.298 e. The Labute approximate surface area is 108 Å². The number of hydrogen-bond donors (Lipinski definition) is 0.